The topological polar surface area (TPSA) is 15.3 Å². The van der Waals surface area contributed by atoms with Crippen LogP contribution in [0.4, 0.5) is 5.69 Å². The fourth-order valence-electron chi connectivity index (χ4n) is 3.59. The Morgan fingerprint density at radius 1 is 1.20 bits per heavy atom. The van der Waals surface area contributed by atoms with Gasteiger partial charge in [-0.3, -0.25) is 0 Å². The van der Waals surface area contributed by atoms with Gasteiger partial charge in [0.05, 0.1) is 0 Å². The van der Waals surface area contributed by atoms with E-state index in [0.717, 1.165) is 25.6 Å². The van der Waals surface area contributed by atoms with E-state index >= 15 is 0 Å². The maximum atomic E-state index is 3.77. The molecule has 1 heterocycles. The molecule has 0 radical (unpaired) electrons. The summed E-state index contributed by atoms with van der Waals surface area (Å²) in [5, 5.41) is 3.77. The second kappa shape index (κ2) is 4.77. The van der Waals surface area contributed by atoms with Crippen LogP contribution in [0.5, 0.6) is 0 Å². The van der Waals surface area contributed by atoms with Gasteiger partial charge in [-0.15, -0.1) is 0 Å². The zero-order valence-electron chi connectivity index (χ0n) is 13.4. The van der Waals surface area contributed by atoms with Crippen molar-refractivity contribution < 1.29 is 0 Å². The van der Waals surface area contributed by atoms with Crippen molar-refractivity contribution in [1.82, 2.24) is 5.32 Å². The number of nitrogens with zero attached hydrogens (tertiary/aromatic N) is 1. The molecule has 1 aromatic carbocycles. The van der Waals surface area contributed by atoms with Crippen LogP contribution in [-0.4, -0.2) is 25.2 Å². The number of hydrogen-bond acceptors (Lipinski definition) is 2. The zero-order valence-corrected chi connectivity index (χ0v) is 13.4. The first-order valence-corrected chi connectivity index (χ1v) is 8.00. The number of nitrogens with one attached hydrogen (secondary N) is 1. The van der Waals surface area contributed by atoms with Gasteiger partial charge < -0.3 is 10.2 Å². The van der Waals surface area contributed by atoms with Crippen LogP contribution in [-0.2, 0) is 5.41 Å². The third-order valence-electron chi connectivity index (χ3n) is 4.96. The monoisotopic (exact) mass is 272 g/mol. The van der Waals surface area contributed by atoms with Crippen molar-refractivity contribution in [2.75, 3.05) is 24.5 Å². The molecule has 1 unspecified atom stereocenters. The molecule has 2 fully saturated rings. The second-order valence-corrected chi connectivity index (χ2v) is 7.81. The van der Waals surface area contributed by atoms with Crippen LogP contribution in [0.15, 0.2) is 24.3 Å². The molecule has 3 rings (SSSR count). The lowest BCUT2D eigenvalue weighted by molar-refractivity contribution is 0.285. The maximum absolute atomic E-state index is 3.77. The van der Waals surface area contributed by atoms with Crippen LogP contribution in [0.2, 0.25) is 0 Å². The van der Waals surface area contributed by atoms with Gasteiger partial charge in [0.2, 0.25) is 0 Å². The van der Waals surface area contributed by atoms with Crippen LogP contribution >= 0.6 is 0 Å². The van der Waals surface area contributed by atoms with Crippen LogP contribution in [0, 0.1) is 5.92 Å². The Labute approximate surface area is 123 Å². The maximum Gasteiger partial charge on any atom is 0.0405 e. The van der Waals surface area contributed by atoms with E-state index in [2.05, 4.69) is 62.2 Å². The minimum atomic E-state index is 0.206. The van der Waals surface area contributed by atoms with Crippen LogP contribution in [0.1, 0.15) is 46.1 Å². The van der Waals surface area contributed by atoms with Crippen molar-refractivity contribution in [2.24, 2.45) is 5.92 Å². The molecule has 0 bridgehead atoms. The van der Waals surface area contributed by atoms with Crippen LogP contribution in [0.3, 0.4) is 0 Å². The molecule has 1 aliphatic carbocycles. The van der Waals surface area contributed by atoms with E-state index < -0.39 is 0 Å². The van der Waals surface area contributed by atoms with E-state index in [0.29, 0.717) is 5.54 Å². The lowest BCUT2D eigenvalue weighted by Crippen LogP contribution is -2.60. The largest absolute Gasteiger partial charge is 0.368 e. The van der Waals surface area contributed by atoms with E-state index in [9.17, 15) is 0 Å². The molecule has 0 aromatic heterocycles. The number of rotatable bonds is 2. The van der Waals surface area contributed by atoms with Gasteiger partial charge in [-0.05, 0) is 42.7 Å². The molecule has 1 aliphatic heterocycles. The molecule has 0 amide bonds. The van der Waals surface area contributed by atoms with Gasteiger partial charge in [-0.25, -0.2) is 0 Å². The van der Waals surface area contributed by atoms with Gasteiger partial charge in [-0.1, -0.05) is 39.0 Å². The highest BCUT2D eigenvalue weighted by Crippen LogP contribution is 2.42. The Kier molecular flexibility index (Phi) is 3.32. The predicted octanol–water partition coefficient (Wildman–Crippen LogP) is 3.56. The van der Waals surface area contributed by atoms with Crippen molar-refractivity contribution in [3.8, 4) is 0 Å². The van der Waals surface area contributed by atoms with Crippen molar-refractivity contribution in [1.29, 1.82) is 0 Å². The first-order valence-electron chi connectivity index (χ1n) is 8.00. The Balaban J connectivity index is 1.89. The number of hydrogen-bond donors (Lipinski definition) is 1. The first kappa shape index (κ1) is 13.9. The van der Waals surface area contributed by atoms with E-state index in [1.807, 2.05) is 0 Å². The van der Waals surface area contributed by atoms with E-state index in [1.54, 1.807) is 0 Å². The van der Waals surface area contributed by atoms with Gasteiger partial charge in [0.25, 0.3) is 0 Å². The Bertz CT molecular complexity index is 484. The van der Waals surface area contributed by atoms with E-state index in [4.69, 9.17) is 0 Å². The molecule has 0 spiro atoms. The molecule has 110 valence electrons. The normalized spacial score (nSPS) is 27.7. The van der Waals surface area contributed by atoms with Gasteiger partial charge in [0.1, 0.15) is 0 Å². The molecule has 1 saturated heterocycles. The third kappa shape index (κ3) is 2.58. The summed E-state index contributed by atoms with van der Waals surface area (Å²) < 4.78 is 0. The molecular weight excluding hydrogens is 244 g/mol. The molecule has 20 heavy (non-hydrogen) atoms. The molecule has 1 N–H and O–H groups in total. The van der Waals surface area contributed by atoms with Gasteiger partial charge in [0, 0.05) is 30.9 Å². The smallest absolute Gasteiger partial charge is 0.0405 e. The average Bonchev–Trinajstić information content (AvgIpc) is 3.22. The zero-order chi connectivity index (χ0) is 14.4. The summed E-state index contributed by atoms with van der Waals surface area (Å²) in [6.07, 6.45) is 2.80. The molecule has 2 heteroatoms. The van der Waals surface area contributed by atoms with Crippen molar-refractivity contribution in [2.45, 2.75) is 51.5 Å². The highest BCUT2D eigenvalue weighted by Gasteiger charge is 2.44. The minimum absolute atomic E-state index is 0.206. The Morgan fingerprint density at radius 2 is 1.90 bits per heavy atom. The molecule has 2 nitrogen and oxygen atoms in total. The molecular formula is C18H28N2. The third-order valence-corrected chi connectivity index (χ3v) is 4.96. The van der Waals surface area contributed by atoms with Crippen LogP contribution < -0.4 is 10.2 Å². The SMILES string of the molecule is CC(C)(C)c1ccccc1N1CCNC(C)(C2CC2)C1. The highest BCUT2D eigenvalue weighted by atomic mass is 15.2. The van der Waals surface area contributed by atoms with Crippen molar-refractivity contribution >= 4 is 5.69 Å². The quantitative estimate of drug-likeness (QED) is 0.885. The first-order chi connectivity index (χ1) is 9.40. The summed E-state index contributed by atoms with van der Waals surface area (Å²) in [4.78, 5) is 2.61. The summed E-state index contributed by atoms with van der Waals surface area (Å²) >= 11 is 0. The number of anilines is 1. The van der Waals surface area contributed by atoms with Crippen LogP contribution in [0.25, 0.3) is 0 Å². The fraction of sp³-hybridized carbons (Fsp3) is 0.667. The Morgan fingerprint density at radius 3 is 2.55 bits per heavy atom. The standard InChI is InChI=1S/C18H28N2/c1-17(2,3)15-7-5-6-8-16(15)20-12-11-19-18(4,13-20)14-9-10-14/h5-8,14,19H,9-13H2,1-4H3. The van der Waals surface area contributed by atoms with Crippen molar-refractivity contribution in [3.05, 3.63) is 29.8 Å². The lowest BCUT2D eigenvalue weighted by Gasteiger charge is -2.44. The summed E-state index contributed by atoms with van der Waals surface area (Å²) in [6, 6.07) is 8.96. The van der Waals surface area contributed by atoms with Gasteiger partial charge in [0.15, 0.2) is 0 Å². The molecule has 1 saturated carbocycles. The molecule has 2 aliphatic rings. The second-order valence-electron chi connectivity index (χ2n) is 7.81. The molecule has 1 aromatic rings. The molecule has 1 atom stereocenters. The van der Waals surface area contributed by atoms with E-state index in [1.165, 1.54) is 24.1 Å². The summed E-state index contributed by atoms with van der Waals surface area (Å²) in [5.41, 5.74) is 3.43. The summed E-state index contributed by atoms with van der Waals surface area (Å²) in [6.45, 7) is 12.7. The van der Waals surface area contributed by atoms with Crippen molar-refractivity contribution in [3.63, 3.8) is 0 Å². The number of para-hydroxylation sites is 1. The summed E-state index contributed by atoms with van der Waals surface area (Å²) in [5.74, 6) is 0.882. The number of piperazine rings is 1. The van der Waals surface area contributed by atoms with Gasteiger partial charge >= 0.3 is 0 Å². The Hall–Kier alpha value is -1.02. The van der Waals surface area contributed by atoms with Gasteiger partial charge in [-0.2, -0.15) is 0 Å². The lowest BCUT2D eigenvalue weighted by atomic mass is 9.84. The number of benzene rings is 1. The minimum Gasteiger partial charge on any atom is -0.368 e. The summed E-state index contributed by atoms with van der Waals surface area (Å²) in [7, 11) is 0. The fourth-order valence-corrected chi connectivity index (χ4v) is 3.59. The average molecular weight is 272 g/mol. The highest BCUT2D eigenvalue weighted by molar-refractivity contribution is 5.57. The van der Waals surface area contributed by atoms with E-state index in [-0.39, 0.29) is 5.41 Å². The predicted molar refractivity (Wildman–Crippen MR) is 86.5 cm³/mol.